The fourth-order valence-electron chi connectivity index (χ4n) is 4.42. The molecule has 0 radical (unpaired) electrons. The van der Waals surface area contributed by atoms with Gasteiger partial charge >= 0.3 is 0 Å². The fraction of sp³-hybridized carbons (Fsp3) is 0.269. The van der Waals surface area contributed by atoms with Gasteiger partial charge in [0.25, 0.3) is 0 Å². The predicted molar refractivity (Wildman–Crippen MR) is 134 cm³/mol. The lowest BCUT2D eigenvalue weighted by molar-refractivity contribution is -0.133. The van der Waals surface area contributed by atoms with E-state index in [1.54, 1.807) is 15.9 Å². The first-order valence-electron chi connectivity index (χ1n) is 11.1. The number of halogens is 1. The van der Waals surface area contributed by atoms with Gasteiger partial charge in [-0.1, -0.05) is 30.3 Å². The van der Waals surface area contributed by atoms with Crippen LogP contribution in [0.4, 0.5) is 5.88 Å². The number of fused-ring (bicyclic) bond motifs is 1. The van der Waals surface area contributed by atoms with Crippen molar-refractivity contribution in [1.29, 1.82) is 5.26 Å². The van der Waals surface area contributed by atoms with Crippen LogP contribution in [0.5, 0.6) is 5.75 Å². The molecule has 2 heterocycles. The van der Waals surface area contributed by atoms with Gasteiger partial charge in [-0.15, -0.1) is 0 Å². The molecule has 9 heteroatoms. The summed E-state index contributed by atoms with van der Waals surface area (Å²) in [5.74, 6) is 0.542. The quantitative estimate of drug-likeness (QED) is 0.391. The molecule has 1 fully saturated rings. The highest BCUT2D eigenvalue weighted by Gasteiger charge is 2.28. The Bertz CT molecular complexity index is 1340. The summed E-state index contributed by atoms with van der Waals surface area (Å²) in [4.78, 5) is 26.9. The van der Waals surface area contributed by atoms with E-state index in [2.05, 4.69) is 12.6 Å². The van der Waals surface area contributed by atoms with E-state index in [1.807, 2.05) is 31.2 Å². The molecular weight excluding hydrogens is 468 g/mol. The standard InChI is InChI=1S/C26H25ClN4O4/c1-3-24(33)30-8-9-31(15-32)17(14-30)7-10-34-23-12-19(21(27)11-16(23)2)18-5-4-6-22-25(18)20(13-28)26(29)35-22/h3-6,11-12,15,17H,1,7-10,14,29H2,2H3. The molecule has 3 aromatic rings. The van der Waals surface area contributed by atoms with Crippen LogP contribution in [0.15, 0.2) is 47.4 Å². The van der Waals surface area contributed by atoms with E-state index in [0.717, 1.165) is 12.0 Å². The van der Waals surface area contributed by atoms with Crippen LogP contribution in [0.25, 0.3) is 22.1 Å². The van der Waals surface area contributed by atoms with Gasteiger partial charge in [-0.3, -0.25) is 9.59 Å². The van der Waals surface area contributed by atoms with E-state index in [0.29, 0.717) is 65.5 Å². The Labute approximate surface area is 208 Å². The van der Waals surface area contributed by atoms with Crippen LogP contribution in [-0.4, -0.2) is 54.4 Å². The molecule has 8 nitrogen and oxygen atoms in total. The number of carbonyl (C=O) groups excluding carboxylic acids is 2. The molecule has 2 N–H and O–H groups in total. The summed E-state index contributed by atoms with van der Waals surface area (Å²) in [6.45, 7) is 7.15. The molecule has 1 saturated heterocycles. The van der Waals surface area contributed by atoms with Crippen LogP contribution in [0.2, 0.25) is 5.02 Å². The number of benzene rings is 2. The van der Waals surface area contributed by atoms with Gasteiger partial charge in [0.15, 0.2) is 0 Å². The second kappa shape index (κ2) is 10.1. The molecule has 35 heavy (non-hydrogen) atoms. The number of anilines is 1. The SMILES string of the molecule is C=CC(=O)N1CCN(C=O)C(CCOc2cc(-c3cccc4oc(N)c(C#N)c34)c(Cl)cc2C)C1. The van der Waals surface area contributed by atoms with Crippen LogP contribution >= 0.6 is 11.6 Å². The van der Waals surface area contributed by atoms with Crippen LogP contribution in [0.3, 0.4) is 0 Å². The van der Waals surface area contributed by atoms with Crippen molar-refractivity contribution in [3.8, 4) is 22.9 Å². The van der Waals surface area contributed by atoms with Crippen LogP contribution in [0.1, 0.15) is 17.5 Å². The molecular formula is C26H25ClN4O4. The number of carbonyl (C=O) groups is 2. The Morgan fingerprint density at radius 2 is 2.17 bits per heavy atom. The smallest absolute Gasteiger partial charge is 0.246 e. The van der Waals surface area contributed by atoms with Crippen molar-refractivity contribution in [1.82, 2.24) is 9.80 Å². The molecule has 1 aliphatic rings. The zero-order valence-electron chi connectivity index (χ0n) is 19.3. The van der Waals surface area contributed by atoms with E-state index < -0.39 is 0 Å². The first-order valence-corrected chi connectivity index (χ1v) is 11.5. The number of nitrogens with zero attached hydrogens (tertiary/aromatic N) is 3. The maximum absolute atomic E-state index is 12.0. The minimum Gasteiger partial charge on any atom is -0.493 e. The van der Waals surface area contributed by atoms with Gasteiger partial charge in [-0.2, -0.15) is 5.26 Å². The second-order valence-corrected chi connectivity index (χ2v) is 8.76. The van der Waals surface area contributed by atoms with Gasteiger partial charge in [0, 0.05) is 42.0 Å². The molecule has 2 aromatic carbocycles. The molecule has 0 bridgehead atoms. The van der Waals surface area contributed by atoms with Crippen LogP contribution in [-0.2, 0) is 9.59 Å². The molecule has 1 atom stereocenters. The van der Waals surface area contributed by atoms with Crippen molar-refractivity contribution in [2.45, 2.75) is 19.4 Å². The van der Waals surface area contributed by atoms with Gasteiger partial charge in [-0.05, 0) is 42.3 Å². The summed E-state index contributed by atoms with van der Waals surface area (Å²) >= 11 is 6.60. The number of hydrogen-bond acceptors (Lipinski definition) is 6. The zero-order chi connectivity index (χ0) is 25.1. The molecule has 1 unspecified atom stereocenters. The van der Waals surface area contributed by atoms with Gasteiger partial charge in [0.05, 0.1) is 12.6 Å². The Balaban J connectivity index is 1.58. The molecule has 0 aliphatic carbocycles. The molecule has 0 spiro atoms. The number of ether oxygens (including phenoxy) is 1. The Morgan fingerprint density at radius 3 is 2.89 bits per heavy atom. The molecule has 2 amide bonds. The number of piperazine rings is 1. The molecule has 4 rings (SSSR count). The van der Waals surface area contributed by atoms with E-state index in [4.69, 9.17) is 26.5 Å². The lowest BCUT2D eigenvalue weighted by Crippen LogP contribution is -2.54. The Kier molecular flexibility index (Phi) is 6.99. The highest BCUT2D eigenvalue weighted by molar-refractivity contribution is 6.34. The number of hydrogen-bond donors (Lipinski definition) is 1. The van der Waals surface area contributed by atoms with Crippen molar-refractivity contribution >= 4 is 40.8 Å². The van der Waals surface area contributed by atoms with E-state index in [-0.39, 0.29) is 23.4 Å². The minimum absolute atomic E-state index is 0.0610. The van der Waals surface area contributed by atoms with E-state index >= 15 is 0 Å². The summed E-state index contributed by atoms with van der Waals surface area (Å²) < 4.78 is 11.7. The third-order valence-corrected chi connectivity index (χ3v) is 6.58. The number of aryl methyl sites for hydroxylation is 1. The number of rotatable bonds is 7. The number of nitriles is 1. The third kappa shape index (κ3) is 4.68. The zero-order valence-corrected chi connectivity index (χ0v) is 20.0. The first kappa shape index (κ1) is 24.2. The molecule has 0 saturated carbocycles. The monoisotopic (exact) mass is 492 g/mol. The van der Waals surface area contributed by atoms with Crippen molar-refractivity contribution in [2.24, 2.45) is 0 Å². The highest BCUT2D eigenvalue weighted by Crippen LogP contribution is 2.41. The number of furan rings is 1. The van der Waals surface area contributed by atoms with Crippen molar-refractivity contribution in [3.05, 3.63) is 59.1 Å². The largest absolute Gasteiger partial charge is 0.493 e. The molecule has 1 aliphatic heterocycles. The predicted octanol–water partition coefficient (Wildman–Crippen LogP) is 4.14. The van der Waals surface area contributed by atoms with Crippen molar-refractivity contribution in [3.63, 3.8) is 0 Å². The number of nitrogens with two attached hydrogens (primary N) is 1. The molecule has 180 valence electrons. The average Bonchev–Trinajstić information content (AvgIpc) is 3.19. The minimum atomic E-state index is -0.155. The van der Waals surface area contributed by atoms with Crippen LogP contribution in [0, 0.1) is 18.3 Å². The lowest BCUT2D eigenvalue weighted by Gasteiger charge is -2.39. The summed E-state index contributed by atoms with van der Waals surface area (Å²) in [5.41, 5.74) is 8.90. The topological polar surface area (TPSA) is 113 Å². The number of amides is 2. The number of nitrogen functional groups attached to an aromatic ring is 1. The summed E-state index contributed by atoms with van der Waals surface area (Å²) in [7, 11) is 0. The van der Waals surface area contributed by atoms with Gasteiger partial charge in [-0.25, -0.2) is 0 Å². The normalized spacial score (nSPS) is 15.6. The molecule has 1 aromatic heterocycles. The average molecular weight is 493 g/mol. The first-order chi connectivity index (χ1) is 16.9. The fourth-order valence-corrected chi connectivity index (χ4v) is 4.74. The van der Waals surface area contributed by atoms with Gasteiger partial charge in [0.2, 0.25) is 18.2 Å². The van der Waals surface area contributed by atoms with E-state index in [1.165, 1.54) is 6.08 Å². The Morgan fingerprint density at radius 1 is 1.37 bits per heavy atom. The third-order valence-electron chi connectivity index (χ3n) is 6.27. The summed E-state index contributed by atoms with van der Waals surface area (Å²) in [5, 5.41) is 10.7. The maximum Gasteiger partial charge on any atom is 0.246 e. The highest BCUT2D eigenvalue weighted by atomic mass is 35.5. The van der Waals surface area contributed by atoms with Gasteiger partial charge in [0.1, 0.15) is 23.0 Å². The summed E-state index contributed by atoms with van der Waals surface area (Å²) in [6.07, 6.45) is 2.65. The maximum atomic E-state index is 12.0. The van der Waals surface area contributed by atoms with Crippen LogP contribution < -0.4 is 10.5 Å². The summed E-state index contributed by atoms with van der Waals surface area (Å²) in [6, 6.07) is 11.0. The van der Waals surface area contributed by atoms with Crippen molar-refractivity contribution < 1.29 is 18.7 Å². The van der Waals surface area contributed by atoms with E-state index in [9.17, 15) is 14.9 Å². The Hall–Kier alpha value is -3.96. The lowest BCUT2D eigenvalue weighted by atomic mass is 9.98. The second-order valence-electron chi connectivity index (χ2n) is 8.35. The van der Waals surface area contributed by atoms with Gasteiger partial charge < -0.3 is 24.7 Å². The van der Waals surface area contributed by atoms with Crippen molar-refractivity contribution in [2.75, 3.05) is 32.0 Å².